The average molecular weight is 570 g/mol. The van der Waals surface area contributed by atoms with Gasteiger partial charge in [-0.2, -0.15) is 26.3 Å². The molecule has 1 aliphatic heterocycles. The molecule has 0 saturated carbocycles. The van der Waals surface area contributed by atoms with Gasteiger partial charge in [-0.1, -0.05) is 12.1 Å². The second kappa shape index (κ2) is 11.4. The second-order valence-electron chi connectivity index (χ2n) is 8.60. The Morgan fingerprint density at radius 1 is 0.750 bits per heavy atom. The van der Waals surface area contributed by atoms with Crippen LogP contribution in [0, 0.1) is 5.82 Å². The number of alkyl halides is 6. The molecular formula is C26H21F7N4O3. The predicted molar refractivity (Wildman–Crippen MR) is 133 cm³/mol. The second-order valence-corrected chi connectivity index (χ2v) is 8.60. The Labute approximate surface area is 222 Å². The third kappa shape index (κ3) is 6.81. The zero-order chi connectivity index (χ0) is 29.1. The van der Waals surface area contributed by atoms with Gasteiger partial charge in [0.15, 0.2) is 0 Å². The number of urea groups is 1. The summed E-state index contributed by atoms with van der Waals surface area (Å²) < 4.78 is 101. The van der Waals surface area contributed by atoms with E-state index in [1.165, 1.54) is 29.2 Å². The minimum Gasteiger partial charge on any atom is -0.378 e. The highest BCUT2D eigenvalue weighted by molar-refractivity contribution is 6.05. The van der Waals surface area contributed by atoms with Crippen LogP contribution in [0.1, 0.15) is 21.5 Å². The number of ether oxygens (including phenoxy) is 1. The molecule has 4 rings (SSSR count). The molecule has 1 fully saturated rings. The smallest absolute Gasteiger partial charge is 0.378 e. The first-order valence-electron chi connectivity index (χ1n) is 11.7. The van der Waals surface area contributed by atoms with Gasteiger partial charge in [0.2, 0.25) is 0 Å². The standard InChI is InChI=1S/C26H21F7N4O3/c27-20-4-2-1-3-17(20)23(38)36-21-7-5-15(13-18(21)25(28,29)30)34-24(39)35-16-6-8-22(19(14-16)26(31,32)33)37-9-11-40-12-10-37/h1-8,13-14H,9-12H2,(H,36,38)(H2,34,35,39). The van der Waals surface area contributed by atoms with Gasteiger partial charge in [-0.3, -0.25) is 4.79 Å². The highest BCUT2D eigenvalue weighted by atomic mass is 19.4. The zero-order valence-electron chi connectivity index (χ0n) is 20.4. The Kier molecular flexibility index (Phi) is 8.18. The van der Waals surface area contributed by atoms with Crippen molar-refractivity contribution in [1.29, 1.82) is 0 Å². The van der Waals surface area contributed by atoms with Gasteiger partial charge in [0.05, 0.1) is 35.6 Å². The van der Waals surface area contributed by atoms with Crippen LogP contribution in [-0.2, 0) is 17.1 Å². The van der Waals surface area contributed by atoms with Gasteiger partial charge in [-0.05, 0) is 48.5 Å². The first-order valence-corrected chi connectivity index (χ1v) is 11.7. The van der Waals surface area contributed by atoms with E-state index >= 15 is 0 Å². The summed E-state index contributed by atoms with van der Waals surface area (Å²) in [6.07, 6.45) is -9.73. The molecule has 3 N–H and O–H groups in total. The lowest BCUT2D eigenvalue weighted by atomic mass is 10.1. The first kappa shape index (κ1) is 28.7. The van der Waals surface area contributed by atoms with Crippen LogP contribution in [0.3, 0.4) is 0 Å². The number of carbonyl (C=O) groups excluding carboxylic acids is 2. The molecule has 40 heavy (non-hydrogen) atoms. The van der Waals surface area contributed by atoms with E-state index in [4.69, 9.17) is 4.74 Å². The molecule has 3 aromatic rings. The van der Waals surface area contributed by atoms with E-state index in [9.17, 15) is 40.3 Å². The maximum Gasteiger partial charge on any atom is 0.418 e. The minimum absolute atomic E-state index is 0.0930. The number of benzene rings is 3. The molecule has 0 aromatic heterocycles. The topological polar surface area (TPSA) is 82.7 Å². The maximum atomic E-state index is 13.9. The first-order chi connectivity index (χ1) is 18.8. The maximum absolute atomic E-state index is 13.9. The lowest BCUT2D eigenvalue weighted by Crippen LogP contribution is -2.37. The van der Waals surface area contributed by atoms with E-state index < -0.39 is 52.5 Å². The van der Waals surface area contributed by atoms with Gasteiger partial charge in [0.1, 0.15) is 5.82 Å². The quantitative estimate of drug-likeness (QED) is 0.302. The Hall–Kier alpha value is -4.33. The Morgan fingerprint density at radius 3 is 1.93 bits per heavy atom. The van der Waals surface area contributed by atoms with E-state index in [-0.39, 0.29) is 43.4 Å². The van der Waals surface area contributed by atoms with Crippen molar-refractivity contribution < 1.29 is 45.1 Å². The van der Waals surface area contributed by atoms with Gasteiger partial charge < -0.3 is 25.6 Å². The molecule has 1 aliphatic rings. The van der Waals surface area contributed by atoms with Crippen LogP contribution in [0.15, 0.2) is 60.7 Å². The van der Waals surface area contributed by atoms with Gasteiger partial charge in [-0.25, -0.2) is 9.18 Å². The zero-order valence-corrected chi connectivity index (χ0v) is 20.4. The van der Waals surface area contributed by atoms with Crippen molar-refractivity contribution in [3.63, 3.8) is 0 Å². The van der Waals surface area contributed by atoms with E-state index in [0.29, 0.717) is 6.07 Å². The average Bonchev–Trinajstić information content (AvgIpc) is 2.89. The van der Waals surface area contributed by atoms with Gasteiger partial charge in [-0.15, -0.1) is 0 Å². The van der Waals surface area contributed by atoms with E-state index in [1.54, 1.807) is 0 Å². The Morgan fingerprint density at radius 2 is 1.32 bits per heavy atom. The predicted octanol–water partition coefficient (Wildman–Crippen LogP) is 6.60. The summed E-state index contributed by atoms with van der Waals surface area (Å²) in [7, 11) is 0. The Balaban J connectivity index is 1.52. The largest absolute Gasteiger partial charge is 0.418 e. The number of nitrogens with zero attached hydrogens (tertiary/aromatic N) is 1. The van der Waals surface area contributed by atoms with Crippen molar-refractivity contribution >= 4 is 34.7 Å². The van der Waals surface area contributed by atoms with Crippen LogP contribution in [0.2, 0.25) is 0 Å². The molecule has 0 atom stereocenters. The summed E-state index contributed by atoms with van der Waals surface area (Å²) in [5, 5.41) is 6.31. The fourth-order valence-electron chi connectivity index (χ4n) is 4.01. The molecule has 0 spiro atoms. The monoisotopic (exact) mass is 570 g/mol. The van der Waals surface area contributed by atoms with E-state index in [0.717, 1.165) is 30.3 Å². The third-order valence-corrected chi connectivity index (χ3v) is 5.86. The van der Waals surface area contributed by atoms with Crippen molar-refractivity contribution in [1.82, 2.24) is 0 Å². The Bertz CT molecular complexity index is 1400. The number of halogens is 7. The number of rotatable bonds is 5. The summed E-state index contributed by atoms with van der Waals surface area (Å²) in [6, 6.07) is 9.18. The van der Waals surface area contributed by atoms with Gasteiger partial charge >= 0.3 is 18.4 Å². The minimum atomic E-state index is -4.98. The molecule has 1 heterocycles. The molecule has 14 heteroatoms. The van der Waals surface area contributed by atoms with Gasteiger partial charge in [0.25, 0.3) is 5.91 Å². The normalized spacial score (nSPS) is 14.0. The summed E-state index contributed by atoms with van der Waals surface area (Å²) in [6.45, 7) is 1.000. The molecule has 3 aromatic carbocycles. The van der Waals surface area contributed by atoms with Crippen LogP contribution >= 0.6 is 0 Å². The van der Waals surface area contributed by atoms with Crippen molar-refractivity contribution in [2.45, 2.75) is 12.4 Å². The number of morpholine rings is 1. The van der Waals surface area contributed by atoms with Crippen LogP contribution in [0.4, 0.5) is 58.3 Å². The molecule has 1 saturated heterocycles. The number of amides is 3. The fourth-order valence-corrected chi connectivity index (χ4v) is 4.01. The van der Waals surface area contributed by atoms with Crippen LogP contribution in [-0.4, -0.2) is 38.2 Å². The number of nitrogens with one attached hydrogen (secondary N) is 3. The van der Waals surface area contributed by atoms with Crippen molar-refractivity contribution in [3.8, 4) is 0 Å². The SMILES string of the molecule is O=C(Nc1ccc(NC(=O)c2ccccc2F)c(C(F)(F)F)c1)Nc1ccc(N2CCOCC2)c(C(F)(F)F)c1. The molecule has 0 radical (unpaired) electrons. The fraction of sp³-hybridized carbons (Fsp3) is 0.231. The highest BCUT2D eigenvalue weighted by Crippen LogP contribution is 2.39. The van der Waals surface area contributed by atoms with Crippen molar-refractivity contribution in [2.24, 2.45) is 0 Å². The lowest BCUT2D eigenvalue weighted by Gasteiger charge is -2.31. The van der Waals surface area contributed by atoms with Crippen LogP contribution < -0.4 is 20.9 Å². The van der Waals surface area contributed by atoms with Gasteiger partial charge in [0, 0.05) is 30.2 Å². The molecule has 0 bridgehead atoms. The summed E-state index contributed by atoms with van der Waals surface area (Å²) in [4.78, 5) is 26.3. The molecule has 3 amide bonds. The number of anilines is 4. The molecular weight excluding hydrogens is 549 g/mol. The molecule has 0 aliphatic carbocycles. The lowest BCUT2D eigenvalue weighted by molar-refractivity contribution is -0.137. The van der Waals surface area contributed by atoms with Crippen LogP contribution in [0.5, 0.6) is 0 Å². The number of hydrogen-bond donors (Lipinski definition) is 3. The van der Waals surface area contributed by atoms with E-state index in [2.05, 4.69) is 10.6 Å². The molecule has 7 nitrogen and oxygen atoms in total. The summed E-state index contributed by atoms with van der Waals surface area (Å²) in [5.41, 5.74) is -4.22. The number of hydrogen-bond acceptors (Lipinski definition) is 4. The number of carbonyl (C=O) groups is 2. The summed E-state index contributed by atoms with van der Waals surface area (Å²) >= 11 is 0. The molecule has 0 unspecified atom stereocenters. The summed E-state index contributed by atoms with van der Waals surface area (Å²) in [5.74, 6) is -2.06. The third-order valence-electron chi connectivity index (χ3n) is 5.86. The van der Waals surface area contributed by atoms with Crippen molar-refractivity contribution in [2.75, 3.05) is 47.2 Å². The van der Waals surface area contributed by atoms with Crippen LogP contribution in [0.25, 0.3) is 0 Å². The highest BCUT2D eigenvalue weighted by Gasteiger charge is 2.36. The van der Waals surface area contributed by atoms with E-state index in [1.807, 2.05) is 5.32 Å². The van der Waals surface area contributed by atoms with Crippen molar-refractivity contribution in [3.05, 3.63) is 83.2 Å². The molecule has 212 valence electrons.